The lowest BCUT2D eigenvalue weighted by molar-refractivity contribution is -0.129. The summed E-state index contributed by atoms with van der Waals surface area (Å²) in [4.78, 5) is 24.2. The second-order valence-electron chi connectivity index (χ2n) is 4.91. The molecule has 7 heteroatoms. The maximum Gasteiger partial charge on any atom is 0.222 e. The van der Waals surface area contributed by atoms with E-state index in [9.17, 15) is 18.4 Å². The van der Waals surface area contributed by atoms with Crippen LogP contribution in [-0.2, 0) is 16.1 Å². The Labute approximate surface area is 114 Å². The molecule has 2 amide bonds. The van der Waals surface area contributed by atoms with E-state index in [-0.39, 0.29) is 25.2 Å². The molecule has 0 bridgehead atoms. The molecule has 1 aliphatic rings. The molecule has 1 aromatic rings. The largest absolute Gasteiger partial charge is 0.369 e. The standard InChI is InChI=1S/C13H15F2N3O2/c14-10-2-1-3-11(15)9(10)6-18-4-7(12(16)19)8(5-18)13(17)20/h1-3,7-8H,4-6H2,(H2,16,19)(H2,17,20). The van der Waals surface area contributed by atoms with Crippen LogP contribution in [0.5, 0.6) is 0 Å². The Morgan fingerprint density at radius 2 is 1.55 bits per heavy atom. The van der Waals surface area contributed by atoms with Crippen LogP contribution in [0.25, 0.3) is 0 Å². The quantitative estimate of drug-likeness (QED) is 0.814. The molecule has 5 nitrogen and oxygen atoms in total. The first-order valence-corrected chi connectivity index (χ1v) is 6.14. The van der Waals surface area contributed by atoms with E-state index in [4.69, 9.17) is 11.5 Å². The van der Waals surface area contributed by atoms with Gasteiger partial charge in [-0.1, -0.05) is 6.07 Å². The molecular weight excluding hydrogens is 268 g/mol. The summed E-state index contributed by atoms with van der Waals surface area (Å²) in [6.07, 6.45) is 0. The maximum absolute atomic E-state index is 13.6. The Hall–Kier alpha value is -2.02. The molecule has 4 N–H and O–H groups in total. The van der Waals surface area contributed by atoms with Crippen molar-refractivity contribution in [1.29, 1.82) is 0 Å². The number of halogens is 2. The van der Waals surface area contributed by atoms with Gasteiger partial charge in [-0.05, 0) is 12.1 Å². The molecule has 20 heavy (non-hydrogen) atoms. The number of amides is 2. The van der Waals surface area contributed by atoms with Crippen LogP contribution < -0.4 is 11.5 Å². The minimum atomic E-state index is -0.720. The van der Waals surface area contributed by atoms with Gasteiger partial charge >= 0.3 is 0 Å². The maximum atomic E-state index is 13.6. The molecular formula is C13H15F2N3O2. The Kier molecular flexibility index (Phi) is 3.99. The molecule has 2 unspecified atom stereocenters. The van der Waals surface area contributed by atoms with Gasteiger partial charge in [-0.3, -0.25) is 14.5 Å². The van der Waals surface area contributed by atoms with Gasteiger partial charge in [-0.2, -0.15) is 0 Å². The van der Waals surface area contributed by atoms with Gasteiger partial charge in [-0.15, -0.1) is 0 Å². The summed E-state index contributed by atoms with van der Waals surface area (Å²) in [5.74, 6) is -4.04. The van der Waals surface area contributed by atoms with Crippen LogP contribution in [-0.4, -0.2) is 29.8 Å². The lowest BCUT2D eigenvalue weighted by Crippen LogP contribution is -2.36. The highest BCUT2D eigenvalue weighted by atomic mass is 19.1. The number of nitrogens with two attached hydrogens (primary N) is 2. The van der Waals surface area contributed by atoms with Crippen molar-refractivity contribution < 1.29 is 18.4 Å². The van der Waals surface area contributed by atoms with E-state index < -0.39 is 35.3 Å². The zero-order chi connectivity index (χ0) is 14.9. The minimum Gasteiger partial charge on any atom is -0.369 e. The van der Waals surface area contributed by atoms with Gasteiger partial charge in [0.2, 0.25) is 11.8 Å². The van der Waals surface area contributed by atoms with Crippen molar-refractivity contribution in [3.05, 3.63) is 35.4 Å². The molecule has 1 aliphatic heterocycles. The van der Waals surface area contributed by atoms with Crippen molar-refractivity contribution in [3.63, 3.8) is 0 Å². The lowest BCUT2D eigenvalue weighted by atomic mass is 9.95. The Morgan fingerprint density at radius 1 is 1.10 bits per heavy atom. The summed E-state index contributed by atoms with van der Waals surface area (Å²) in [6, 6.07) is 3.59. The summed E-state index contributed by atoms with van der Waals surface area (Å²) in [6.45, 7) is 0.291. The highest BCUT2D eigenvalue weighted by Crippen LogP contribution is 2.26. The predicted octanol–water partition coefficient (Wildman–Crippen LogP) is -0.0166. The molecule has 2 atom stereocenters. The van der Waals surface area contributed by atoms with Crippen LogP contribution in [0.3, 0.4) is 0 Å². The van der Waals surface area contributed by atoms with Crippen LogP contribution in [0.15, 0.2) is 18.2 Å². The van der Waals surface area contributed by atoms with Crippen molar-refractivity contribution >= 4 is 11.8 Å². The van der Waals surface area contributed by atoms with Crippen molar-refractivity contribution in [2.45, 2.75) is 6.54 Å². The molecule has 1 aromatic carbocycles. The topological polar surface area (TPSA) is 89.4 Å². The highest BCUT2D eigenvalue weighted by Gasteiger charge is 2.40. The van der Waals surface area contributed by atoms with Crippen molar-refractivity contribution in [1.82, 2.24) is 4.90 Å². The van der Waals surface area contributed by atoms with E-state index >= 15 is 0 Å². The number of rotatable bonds is 4. The molecule has 0 aromatic heterocycles. The third-order valence-corrected chi connectivity index (χ3v) is 3.57. The number of primary amides is 2. The average Bonchev–Trinajstić information content (AvgIpc) is 2.78. The number of hydrogen-bond acceptors (Lipinski definition) is 3. The van der Waals surface area contributed by atoms with Gasteiger partial charge in [0.15, 0.2) is 0 Å². The van der Waals surface area contributed by atoms with E-state index in [0.717, 1.165) is 12.1 Å². The molecule has 2 rings (SSSR count). The van der Waals surface area contributed by atoms with Crippen molar-refractivity contribution in [2.75, 3.05) is 13.1 Å². The molecule has 1 fully saturated rings. The Bertz CT molecular complexity index is 508. The summed E-state index contributed by atoms with van der Waals surface area (Å²) in [5.41, 5.74) is 10.3. The number of carbonyl (C=O) groups excluding carboxylic acids is 2. The fraction of sp³-hybridized carbons (Fsp3) is 0.385. The van der Waals surface area contributed by atoms with Crippen LogP contribution in [0.4, 0.5) is 8.78 Å². The first kappa shape index (κ1) is 14.4. The molecule has 108 valence electrons. The fourth-order valence-electron chi connectivity index (χ4n) is 2.50. The van der Waals surface area contributed by atoms with Gasteiger partial charge in [-0.25, -0.2) is 8.78 Å². The lowest BCUT2D eigenvalue weighted by Gasteiger charge is -2.16. The summed E-state index contributed by atoms with van der Waals surface area (Å²) < 4.78 is 27.1. The zero-order valence-electron chi connectivity index (χ0n) is 10.7. The number of carbonyl (C=O) groups is 2. The van der Waals surface area contributed by atoms with Crippen LogP contribution in [0, 0.1) is 23.5 Å². The smallest absolute Gasteiger partial charge is 0.222 e. The number of hydrogen-bond donors (Lipinski definition) is 2. The van der Waals surface area contributed by atoms with Gasteiger partial charge in [0.05, 0.1) is 11.8 Å². The summed E-state index contributed by atoms with van der Waals surface area (Å²) in [5, 5.41) is 0. The van der Waals surface area contributed by atoms with E-state index in [2.05, 4.69) is 0 Å². The van der Waals surface area contributed by atoms with E-state index in [1.165, 1.54) is 6.07 Å². The molecule has 1 saturated heterocycles. The second kappa shape index (κ2) is 5.54. The van der Waals surface area contributed by atoms with E-state index in [1.54, 1.807) is 4.90 Å². The van der Waals surface area contributed by atoms with Gasteiger partial charge in [0, 0.05) is 25.2 Å². The van der Waals surface area contributed by atoms with Crippen LogP contribution in [0.1, 0.15) is 5.56 Å². The summed E-state index contributed by atoms with van der Waals surface area (Å²) >= 11 is 0. The summed E-state index contributed by atoms with van der Waals surface area (Å²) in [7, 11) is 0. The van der Waals surface area contributed by atoms with Gasteiger partial charge < -0.3 is 11.5 Å². The minimum absolute atomic E-state index is 0.0356. The van der Waals surface area contributed by atoms with Crippen LogP contribution >= 0.6 is 0 Å². The molecule has 0 radical (unpaired) electrons. The van der Waals surface area contributed by atoms with Gasteiger partial charge in [0.25, 0.3) is 0 Å². The first-order valence-electron chi connectivity index (χ1n) is 6.14. The van der Waals surface area contributed by atoms with Crippen LogP contribution in [0.2, 0.25) is 0 Å². The predicted molar refractivity (Wildman–Crippen MR) is 67.0 cm³/mol. The fourth-order valence-corrected chi connectivity index (χ4v) is 2.50. The number of benzene rings is 1. The van der Waals surface area contributed by atoms with Crippen molar-refractivity contribution in [2.24, 2.45) is 23.3 Å². The molecule has 0 spiro atoms. The first-order chi connectivity index (χ1) is 9.40. The molecule has 1 heterocycles. The van der Waals surface area contributed by atoms with Crippen molar-refractivity contribution in [3.8, 4) is 0 Å². The SMILES string of the molecule is NC(=O)C1CN(Cc2c(F)cccc2F)CC1C(N)=O. The number of nitrogens with zero attached hydrogens (tertiary/aromatic N) is 1. The molecule has 0 saturated carbocycles. The third kappa shape index (κ3) is 2.77. The van der Waals surface area contributed by atoms with E-state index in [0.29, 0.717) is 0 Å². The molecule has 0 aliphatic carbocycles. The van der Waals surface area contributed by atoms with Gasteiger partial charge in [0.1, 0.15) is 11.6 Å². The Balaban J connectivity index is 2.16. The zero-order valence-corrected chi connectivity index (χ0v) is 10.7. The Morgan fingerprint density at radius 3 is 1.95 bits per heavy atom. The average molecular weight is 283 g/mol. The second-order valence-corrected chi connectivity index (χ2v) is 4.91. The monoisotopic (exact) mass is 283 g/mol. The van der Waals surface area contributed by atoms with E-state index in [1.807, 2.05) is 0 Å². The third-order valence-electron chi connectivity index (χ3n) is 3.57. The highest BCUT2D eigenvalue weighted by molar-refractivity contribution is 5.87. The number of likely N-dealkylation sites (tertiary alicyclic amines) is 1. The normalized spacial score (nSPS) is 22.9.